The Balaban J connectivity index is 2.07. The van der Waals surface area contributed by atoms with Crippen molar-refractivity contribution in [3.63, 3.8) is 0 Å². The summed E-state index contributed by atoms with van der Waals surface area (Å²) in [4.78, 5) is 0. The van der Waals surface area contributed by atoms with Gasteiger partial charge >= 0.3 is 0 Å². The first-order valence-electron chi connectivity index (χ1n) is 7.56. The quantitative estimate of drug-likeness (QED) is 0.604. The molecule has 0 aromatic heterocycles. The number of aryl methyl sites for hydroxylation is 2. The highest BCUT2D eigenvalue weighted by Crippen LogP contribution is 2.14. The van der Waals surface area contributed by atoms with Gasteiger partial charge < -0.3 is 5.11 Å². The summed E-state index contributed by atoms with van der Waals surface area (Å²) in [6, 6.07) is 8.83. The maximum absolute atomic E-state index is 8.68. The molecule has 0 fully saturated rings. The molecule has 0 aliphatic heterocycles. The maximum atomic E-state index is 8.68. The van der Waals surface area contributed by atoms with Gasteiger partial charge in [-0.1, -0.05) is 63.3 Å². The highest BCUT2D eigenvalue weighted by molar-refractivity contribution is 5.26. The zero-order valence-electron chi connectivity index (χ0n) is 11.8. The molecule has 1 nitrogen and oxygen atoms in total. The van der Waals surface area contributed by atoms with Gasteiger partial charge in [-0.15, -0.1) is 0 Å². The van der Waals surface area contributed by atoms with Gasteiger partial charge in [-0.2, -0.15) is 0 Å². The van der Waals surface area contributed by atoms with E-state index >= 15 is 0 Å². The van der Waals surface area contributed by atoms with Crippen molar-refractivity contribution in [2.45, 2.75) is 64.7 Å². The van der Waals surface area contributed by atoms with Gasteiger partial charge in [0, 0.05) is 6.61 Å². The van der Waals surface area contributed by atoms with E-state index in [0.29, 0.717) is 6.61 Å². The number of rotatable bonds is 10. The second-order valence-corrected chi connectivity index (χ2v) is 5.07. The molecule has 0 heterocycles. The maximum Gasteiger partial charge on any atom is 0.0431 e. The average molecular weight is 248 g/mol. The predicted octanol–water partition coefficient (Wildman–Crippen LogP) is 4.51. The molecule has 1 aromatic rings. The molecule has 0 amide bonds. The standard InChI is InChI=1S/C17H28O/c1-2-16-12-9-10-14-17(16)13-8-6-4-3-5-7-11-15-18/h9-10,12,14,18H,2-8,11,13,15H2,1H3. The molecular formula is C17H28O. The number of aliphatic hydroxyl groups excluding tert-OH is 1. The normalized spacial score (nSPS) is 10.8. The summed E-state index contributed by atoms with van der Waals surface area (Å²) < 4.78 is 0. The molecule has 0 saturated heterocycles. The van der Waals surface area contributed by atoms with Crippen molar-refractivity contribution in [3.8, 4) is 0 Å². The fraction of sp³-hybridized carbons (Fsp3) is 0.647. The van der Waals surface area contributed by atoms with Gasteiger partial charge in [-0.3, -0.25) is 0 Å². The Bertz CT molecular complexity index is 306. The van der Waals surface area contributed by atoms with E-state index in [9.17, 15) is 0 Å². The van der Waals surface area contributed by atoms with Crippen LogP contribution >= 0.6 is 0 Å². The molecule has 1 rings (SSSR count). The zero-order chi connectivity index (χ0) is 13.1. The fourth-order valence-electron chi connectivity index (χ4n) is 2.46. The van der Waals surface area contributed by atoms with Crippen LogP contribution in [0.5, 0.6) is 0 Å². The van der Waals surface area contributed by atoms with Crippen molar-refractivity contribution in [1.29, 1.82) is 0 Å². The summed E-state index contributed by atoms with van der Waals surface area (Å²) in [5.41, 5.74) is 3.06. The lowest BCUT2D eigenvalue weighted by molar-refractivity contribution is 0.282. The molecule has 1 heteroatoms. The van der Waals surface area contributed by atoms with Crippen LogP contribution < -0.4 is 0 Å². The van der Waals surface area contributed by atoms with Crippen LogP contribution in [0.1, 0.15) is 63.0 Å². The Morgan fingerprint density at radius 1 is 0.778 bits per heavy atom. The molecule has 102 valence electrons. The van der Waals surface area contributed by atoms with E-state index in [1.54, 1.807) is 5.56 Å². The summed E-state index contributed by atoms with van der Waals surface area (Å²) >= 11 is 0. The summed E-state index contributed by atoms with van der Waals surface area (Å²) in [5.74, 6) is 0. The van der Waals surface area contributed by atoms with Crippen molar-refractivity contribution < 1.29 is 5.11 Å². The molecule has 0 atom stereocenters. The van der Waals surface area contributed by atoms with E-state index in [1.165, 1.54) is 50.5 Å². The Morgan fingerprint density at radius 2 is 1.33 bits per heavy atom. The average Bonchev–Trinajstić information content (AvgIpc) is 2.42. The summed E-state index contributed by atoms with van der Waals surface area (Å²) in [6.07, 6.45) is 11.2. The zero-order valence-corrected chi connectivity index (χ0v) is 11.8. The topological polar surface area (TPSA) is 20.2 Å². The molecule has 0 aliphatic rings. The fourth-order valence-corrected chi connectivity index (χ4v) is 2.46. The summed E-state index contributed by atoms with van der Waals surface area (Å²) in [5, 5.41) is 8.68. The highest BCUT2D eigenvalue weighted by atomic mass is 16.2. The van der Waals surface area contributed by atoms with E-state index in [2.05, 4.69) is 31.2 Å². The van der Waals surface area contributed by atoms with Gasteiger partial charge in [-0.25, -0.2) is 0 Å². The Labute approximate surface area is 112 Å². The van der Waals surface area contributed by atoms with Gasteiger partial charge in [0.2, 0.25) is 0 Å². The third-order valence-corrected chi connectivity index (χ3v) is 3.60. The third kappa shape index (κ3) is 6.20. The van der Waals surface area contributed by atoms with Crippen LogP contribution in [-0.4, -0.2) is 11.7 Å². The minimum absolute atomic E-state index is 0.355. The first kappa shape index (κ1) is 15.2. The number of aliphatic hydroxyl groups is 1. The Hall–Kier alpha value is -0.820. The van der Waals surface area contributed by atoms with Crippen LogP contribution in [0.2, 0.25) is 0 Å². The molecule has 1 N–H and O–H groups in total. The number of hydrogen-bond donors (Lipinski definition) is 1. The van der Waals surface area contributed by atoms with Crippen molar-refractivity contribution in [1.82, 2.24) is 0 Å². The molecule has 0 spiro atoms. The lowest BCUT2D eigenvalue weighted by Crippen LogP contribution is -1.93. The van der Waals surface area contributed by atoms with Crippen molar-refractivity contribution in [3.05, 3.63) is 35.4 Å². The molecule has 0 aliphatic carbocycles. The number of hydrogen-bond acceptors (Lipinski definition) is 1. The Kier molecular flexibility index (Phi) is 8.58. The number of benzene rings is 1. The van der Waals surface area contributed by atoms with Crippen molar-refractivity contribution in [2.24, 2.45) is 0 Å². The molecular weight excluding hydrogens is 220 g/mol. The highest BCUT2D eigenvalue weighted by Gasteiger charge is 1.99. The van der Waals surface area contributed by atoms with Crippen LogP contribution in [0.3, 0.4) is 0 Å². The van der Waals surface area contributed by atoms with Crippen molar-refractivity contribution in [2.75, 3.05) is 6.61 Å². The summed E-state index contributed by atoms with van der Waals surface area (Å²) in [7, 11) is 0. The first-order chi connectivity index (χ1) is 8.88. The minimum atomic E-state index is 0.355. The second kappa shape index (κ2) is 10.1. The van der Waals surface area contributed by atoms with Crippen LogP contribution in [0.25, 0.3) is 0 Å². The molecule has 0 bridgehead atoms. The SMILES string of the molecule is CCc1ccccc1CCCCCCCCCO. The van der Waals surface area contributed by atoms with E-state index in [4.69, 9.17) is 5.11 Å². The monoisotopic (exact) mass is 248 g/mol. The van der Waals surface area contributed by atoms with E-state index < -0.39 is 0 Å². The van der Waals surface area contributed by atoms with Gasteiger partial charge in [0.05, 0.1) is 0 Å². The van der Waals surface area contributed by atoms with Gasteiger partial charge in [0.25, 0.3) is 0 Å². The smallest absolute Gasteiger partial charge is 0.0431 e. The van der Waals surface area contributed by atoms with Gasteiger partial charge in [0.15, 0.2) is 0 Å². The largest absolute Gasteiger partial charge is 0.396 e. The Morgan fingerprint density at radius 3 is 1.94 bits per heavy atom. The van der Waals surface area contributed by atoms with Gasteiger partial charge in [0.1, 0.15) is 0 Å². The molecule has 18 heavy (non-hydrogen) atoms. The molecule has 1 aromatic carbocycles. The first-order valence-corrected chi connectivity index (χ1v) is 7.56. The summed E-state index contributed by atoms with van der Waals surface area (Å²) in [6.45, 7) is 2.59. The predicted molar refractivity (Wildman–Crippen MR) is 78.9 cm³/mol. The van der Waals surface area contributed by atoms with Crippen LogP contribution in [0.15, 0.2) is 24.3 Å². The second-order valence-electron chi connectivity index (χ2n) is 5.07. The van der Waals surface area contributed by atoms with Crippen LogP contribution in [0.4, 0.5) is 0 Å². The molecule has 0 radical (unpaired) electrons. The van der Waals surface area contributed by atoms with Crippen LogP contribution in [-0.2, 0) is 12.8 Å². The molecule has 0 unspecified atom stereocenters. The lowest BCUT2D eigenvalue weighted by atomic mass is 9.99. The van der Waals surface area contributed by atoms with Crippen molar-refractivity contribution >= 4 is 0 Å². The number of unbranched alkanes of at least 4 members (excludes halogenated alkanes) is 6. The van der Waals surface area contributed by atoms with E-state index in [0.717, 1.165) is 12.8 Å². The third-order valence-electron chi connectivity index (χ3n) is 3.60. The molecule has 0 saturated carbocycles. The van der Waals surface area contributed by atoms with Crippen LogP contribution in [0, 0.1) is 0 Å². The lowest BCUT2D eigenvalue weighted by Gasteiger charge is -2.07. The van der Waals surface area contributed by atoms with Gasteiger partial charge in [-0.05, 0) is 36.8 Å². The van der Waals surface area contributed by atoms with E-state index in [-0.39, 0.29) is 0 Å². The van der Waals surface area contributed by atoms with E-state index in [1.807, 2.05) is 0 Å². The minimum Gasteiger partial charge on any atom is -0.396 e.